The molecule has 0 radical (unpaired) electrons. The molecule has 3 nitrogen and oxygen atoms in total. The van der Waals surface area contributed by atoms with E-state index in [-0.39, 0.29) is 29.9 Å². The summed E-state index contributed by atoms with van der Waals surface area (Å²) in [4.78, 5) is 12.1. The van der Waals surface area contributed by atoms with Gasteiger partial charge in [-0.3, -0.25) is 4.79 Å². The van der Waals surface area contributed by atoms with E-state index in [0.29, 0.717) is 17.8 Å². The van der Waals surface area contributed by atoms with Crippen LogP contribution < -0.4 is 5.32 Å². The number of aliphatic hydroxyl groups is 1. The number of hydrogen-bond donors (Lipinski definition) is 2. The van der Waals surface area contributed by atoms with E-state index in [4.69, 9.17) is 0 Å². The van der Waals surface area contributed by atoms with Crippen LogP contribution in [0.5, 0.6) is 0 Å². The van der Waals surface area contributed by atoms with Crippen LogP contribution in [-0.4, -0.2) is 23.7 Å². The van der Waals surface area contributed by atoms with Crippen molar-refractivity contribution in [3.63, 3.8) is 0 Å². The molecule has 5 atom stereocenters. The van der Waals surface area contributed by atoms with Crippen LogP contribution in [0.3, 0.4) is 0 Å². The third-order valence-electron chi connectivity index (χ3n) is 5.44. The fourth-order valence-electron chi connectivity index (χ4n) is 4.08. The van der Waals surface area contributed by atoms with Gasteiger partial charge in [-0.25, -0.2) is 0 Å². The summed E-state index contributed by atoms with van der Waals surface area (Å²) < 4.78 is 0. The summed E-state index contributed by atoms with van der Waals surface area (Å²) in [7, 11) is 0. The standard InChI is InChI=1S/C14H23NO2/c1-14(2)6-11(14)13(17)15-12-9-4-3-8(5-9)10(12)7-16/h8-12,16H,3-7H2,1-2H3,(H,15,17)/t8?,9?,10?,11-,12?/m1/s1. The van der Waals surface area contributed by atoms with Crippen molar-refractivity contribution in [1.82, 2.24) is 5.32 Å². The molecule has 0 aromatic carbocycles. The van der Waals surface area contributed by atoms with Crippen LogP contribution in [0.25, 0.3) is 0 Å². The Labute approximate surface area is 103 Å². The lowest BCUT2D eigenvalue weighted by molar-refractivity contribution is -0.124. The van der Waals surface area contributed by atoms with Gasteiger partial charge in [0.2, 0.25) is 5.91 Å². The fraction of sp³-hybridized carbons (Fsp3) is 0.929. The van der Waals surface area contributed by atoms with E-state index in [1.54, 1.807) is 0 Å². The zero-order valence-electron chi connectivity index (χ0n) is 10.8. The van der Waals surface area contributed by atoms with Gasteiger partial charge in [0.25, 0.3) is 0 Å². The summed E-state index contributed by atoms with van der Waals surface area (Å²) >= 11 is 0. The van der Waals surface area contributed by atoms with Crippen molar-refractivity contribution in [2.45, 2.75) is 45.6 Å². The Balaban J connectivity index is 1.63. The smallest absolute Gasteiger partial charge is 0.223 e. The van der Waals surface area contributed by atoms with Crippen molar-refractivity contribution in [2.24, 2.45) is 29.1 Å². The van der Waals surface area contributed by atoms with E-state index in [1.165, 1.54) is 19.3 Å². The van der Waals surface area contributed by atoms with Crippen LogP contribution in [0, 0.1) is 29.1 Å². The summed E-state index contributed by atoms with van der Waals surface area (Å²) in [6.07, 6.45) is 4.71. The molecule has 1 amide bonds. The van der Waals surface area contributed by atoms with E-state index in [9.17, 15) is 9.90 Å². The first-order valence-electron chi connectivity index (χ1n) is 6.94. The number of aliphatic hydroxyl groups excluding tert-OH is 1. The fourth-order valence-corrected chi connectivity index (χ4v) is 4.08. The molecule has 3 aliphatic carbocycles. The van der Waals surface area contributed by atoms with Gasteiger partial charge in [-0.2, -0.15) is 0 Å². The minimum atomic E-state index is 0.205. The molecule has 2 N–H and O–H groups in total. The maximum atomic E-state index is 12.1. The number of carbonyl (C=O) groups is 1. The number of carbonyl (C=O) groups excluding carboxylic acids is 1. The molecule has 0 heterocycles. The Kier molecular flexibility index (Phi) is 2.51. The maximum Gasteiger partial charge on any atom is 0.223 e. The van der Waals surface area contributed by atoms with Crippen LogP contribution in [-0.2, 0) is 4.79 Å². The molecular formula is C14H23NO2. The lowest BCUT2D eigenvalue weighted by Crippen LogP contribution is -2.46. The Morgan fingerprint density at radius 3 is 2.59 bits per heavy atom. The van der Waals surface area contributed by atoms with Gasteiger partial charge in [0.05, 0.1) is 0 Å². The van der Waals surface area contributed by atoms with Crippen molar-refractivity contribution in [1.29, 1.82) is 0 Å². The Morgan fingerprint density at radius 1 is 1.35 bits per heavy atom. The normalized spacial score (nSPS) is 45.9. The Bertz CT molecular complexity index is 339. The second kappa shape index (κ2) is 3.71. The predicted molar refractivity (Wildman–Crippen MR) is 65.2 cm³/mol. The molecule has 0 aliphatic heterocycles. The van der Waals surface area contributed by atoms with Crippen molar-refractivity contribution in [3.8, 4) is 0 Å². The number of amides is 1. The molecule has 0 spiro atoms. The lowest BCUT2D eigenvalue weighted by atomic mass is 9.85. The second-order valence-corrected chi connectivity index (χ2v) is 6.96. The minimum absolute atomic E-state index is 0.205. The highest BCUT2D eigenvalue weighted by atomic mass is 16.3. The van der Waals surface area contributed by atoms with Gasteiger partial charge in [0, 0.05) is 24.5 Å². The van der Waals surface area contributed by atoms with Gasteiger partial charge in [-0.1, -0.05) is 13.8 Å². The zero-order valence-corrected chi connectivity index (χ0v) is 10.8. The van der Waals surface area contributed by atoms with Crippen LogP contribution in [0.1, 0.15) is 39.5 Å². The molecular weight excluding hydrogens is 214 g/mol. The average Bonchev–Trinajstić information content (AvgIpc) is 2.68. The highest BCUT2D eigenvalue weighted by Gasteiger charge is 2.53. The first-order chi connectivity index (χ1) is 8.03. The summed E-state index contributed by atoms with van der Waals surface area (Å²) in [5.41, 5.74) is 0.205. The van der Waals surface area contributed by atoms with E-state index in [2.05, 4.69) is 19.2 Å². The Morgan fingerprint density at radius 2 is 2.00 bits per heavy atom. The van der Waals surface area contributed by atoms with Gasteiger partial charge in [0.1, 0.15) is 0 Å². The number of fused-ring (bicyclic) bond motifs is 2. The molecule has 4 unspecified atom stereocenters. The highest BCUT2D eigenvalue weighted by molar-refractivity contribution is 5.82. The number of rotatable bonds is 3. The van der Waals surface area contributed by atoms with Crippen molar-refractivity contribution in [3.05, 3.63) is 0 Å². The quantitative estimate of drug-likeness (QED) is 0.782. The van der Waals surface area contributed by atoms with E-state index >= 15 is 0 Å². The van der Waals surface area contributed by atoms with Crippen LogP contribution in [0.4, 0.5) is 0 Å². The third-order valence-corrected chi connectivity index (χ3v) is 5.44. The monoisotopic (exact) mass is 237 g/mol. The van der Waals surface area contributed by atoms with Gasteiger partial charge < -0.3 is 10.4 Å². The molecule has 17 heavy (non-hydrogen) atoms. The second-order valence-electron chi connectivity index (χ2n) is 6.96. The summed E-state index contributed by atoms with van der Waals surface area (Å²) in [6.45, 7) is 4.54. The highest BCUT2D eigenvalue weighted by Crippen LogP contribution is 2.53. The third kappa shape index (κ3) is 1.79. The van der Waals surface area contributed by atoms with E-state index < -0.39 is 0 Å². The maximum absolute atomic E-state index is 12.1. The molecule has 96 valence electrons. The molecule has 0 saturated heterocycles. The van der Waals surface area contributed by atoms with Crippen molar-refractivity contribution < 1.29 is 9.90 Å². The van der Waals surface area contributed by atoms with E-state index in [1.807, 2.05) is 0 Å². The van der Waals surface area contributed by atoms with Gasteiger partial charge in [-0.05, 0) is 42.9 Å². The molecule has 3 fully saturated rings. The first kappa shape index (κ1) is 11.5. The topological polar surface area (TPSA) is 49.3 Å². The molecule has 3 rings (SSSR count). The van der Waals surface area contributed by atoms with Crippen molar-refractivity contribution in [2.75, 3.05) is 6.61 Å². The number of nitrogens with one attached hydrogen (secondary N) is 1. The van der Waals surface area contributed by atoms with Gasteiger partial charge in [-0.15, -0.1) is 0 Å². The Hall–Kier alpha value is -0.570. The van der Waals surface area contributed by atoms with Crippen molar-refractivity contribution >= 4 is 5.91 Å². The lowest BCUT2D eigenvalue weighted by Gasteiger charge is -2.30. The summed E-state index contributed by atoms with van der Waals surface area (Å²) in [5, 5.41) is 12.7. The predicted octanol–water partition coefficient (Wildman–Crippen LogP) is 1.56. The summed E-state index contributed by atoms with van der Waals surface area (Å²) in [6, 6.07) is 0.252. The SMILES string of the molecule is CC1(C)C[C@@H]1C(=O)NC1C2CCC(C2)C1CO. The van der Waals surface area contributed by atoms with Gasteiger partial charge in [0.15, 0.2) is 0 Å². The van der Waals surface area contributed by atoms with Gasteiger partial charge >= 0.3 is 0 Å². The molecule has 3 heteroatoms. The first-order valence-corrected chi connectivity index (χ1v) is 6.94. The number of hydrogen-bond acceptors (Lipinski definition) is 2. The van der Waals surface area contributed by atoms with Crippen LogP contribution >= 0.6 is 0 Å². The van der Waals surface area contributed by atoms with E-state index in [0.717, 1.165) is 6.42 Å². The molecule has 2 bridgehead atoms. The van der Waals surface area contributed by atoms with Crippen LogP contribution in [0.15, 0.2) is 0 Å². The molecule has 3 aliphatic rings. The molecule has 0 aromatic heterocycles. The minimum Gasteiger partial charge on any atom is -0.396 e. The summed E-state index contributed by atoms with van der Waals surface area (Å²) in [5.74, 6) is 2.04. The van der Waals surface area contributed by atoms with Crippen LogP contribution in [0.2, 0.25) is 0 Å². The largest absolute Gasteiger partial charge is 0.396 e. The zero-order chi connectivity index (χ0) is 12.2. The molecule has 3 saturated carbocycles. The molecule has 0 aromatic rings. The average molecular weight is 237 g/mol.